The molecule has 3 aromatic carbocycles. The second-order valence-corrected chi connectivity index (χ2v) is 9.20. The van der Waals surface area contributed by atoms with Crippen LogP contribution < -0.4 is 5.32 Å². The molecule has 0 aliphatic heterocycles. The van der Waals surface area contributed by atoms with Crippen LogP contribution in [0, 0.1) is 6.92 Å². The molecule has 36 heavy (non-hydrogen) atoms. The van der Waals surface area contributed by atoms with E-state index in [9.17, 15) is 14.7 Å². The summed E-state index contributed by atoms with van der Waals surface area (Å²) in [4.78, 5) is 24.1. The summed E-state index contributed by atoms with van der Waals surface area (Å²) in [6.07, 6.45) is 2.55. The summed E-state index contributed by atoms with van der Waals surface area (Å²) in [6, 6.07) is 23.5. The van der Waals surface area contributed by atoms with E-state index in [4.69, 9.17) is 4.74 Å². The number of carboxylic acid groups (broad SMARTS) is 1. The van der Waals surface area contributed by atoms with Gasteiger partial charge in [0.25, 0.3) is 0 Å². The van der Waals surface area contributed by atoms with E-state index in [1.807, 2.05) is 79.7 Å². The molecule has 0 radical (unpaired) electrons. The van der Waals surface area contributed by atoms with Gasteiger partial charge in [-0.1, -0.05) is 72.8 Å². The van der Waals surface area contributed by atoms with Crippen LogP contribution in [0.5, 0.6) is 0 Å². The fraction of sp³-hybridized carbons (Fsp3) is 0.207. The van der Waals surface area contributed by atoms with E-state index in [2.05, 4.69) is 10.4 Å². The number of carbonyl (C=O) groups excluding carboxylic acids is 1. The lowest BCUT2D eigenvalue weighted by Gasteiger charge is -2.12. The van der Waals surface area contributed by atoms with Gasteiger partial charge in [-0.3, -0.25) is 14.8 Å². The van der Waals surface area contributed by atoms with Crippen molar-refractivity contribution < 1.29 is 19.4 Å². The molecule has 0 bridgehead atoms. The number of carbonyl (C=O) groups is 2. The number of nitrogens with one attached hydrogen (secondary N) is 1. The Balaban J connectivity index is 1.29. The van der Waals surface area contributed by atoms with E-state index in [-0.39, 0.29) is 6.61 Å². The third-order valence-corrected chi connectivity index (χ3v) is 6.91. The Hall–Kier alpha value is -4.39. The molecule has 0 atom stereocenters. The number of carboxylic acids is 1. The highest BCUT2D eigenvalue weighted by molar-refractivity contribution is 5.90. The van der Waals surface area contributed by atoms with Crippen molar-refractivity contribution in [3.8, 4) is 22.3 Å². The smallest absolute Gasteiger partial charge is 0.413 e. The molecule has 1 fully saturated rings. The lowest BCUT2D eigenvalue weighted by Crippen LogP contribution is -2.19. The Morgan fingerprint density at radius 2 is 1.58 bits per heavy atom. The molecule has 7 heteroatoms. The number of amides is 1. The number of hydrogen-bond acceptors (Lipinski definition) is 4. The number of anilines is 1. The highest BCUT2D eigenvalue weighted by atomic mass is 16.5. The summed E-state index contributed by atoms with van der Waals surface area (Å²) in [5.41, 5.74) is 5.89. The molecule has 1 saturated carbocycles. The summed E-state index contributed by atoms with van der Waals surface area (Å²) in [5, 5.41) is 16.6. The molecule has 1 aromatic heterocycles. The molecule has 0 spiro atoms. The molecule has 2 N–H and O–H groups in total. The first kappa shape index (κ1) is 23.4. The normalized spacial score (nSPS) is 13.7. The fourth-order valence-electron chi connectivity index (χ4n) is 4.42. The highest BCUT2D eigenvalue weighted by Crippen LogP contribution is 2.48. The summed E-state index contributed by atoms with van der Waals surface area (Å²) >= 11 is 0. The molecule has 4 aromatic rings. The van der Waals surface area contributed by atoms with Crippen molar-refractivity contribution in [2.45, 2.75) is 31.8 Å². The summed E-state index contributed by atoms with van der Waals surface area (Å²) in [5.74, 6) is -0.204. The van der Waals surface area contributed by atoms with Crippen molar-refractivity contribution in [2.75, 3.05) is 5.32 Å². The van der Waals surface area contributed by atoms with Gasteiger partial charge in [0.2, 0.25) is 0 Å². The van der Waals surface area contributed by atoms with E-state index in [1.165, 1.54) is 0 Å². The Morgan fingerprint density at radius 1 is 0.972 bits per heavy atom. The summed E-state index contributed by atoms with van der Waals surface area (Å²) in [7, 11) is 1.76. The van der Waals surface area contributed by atoms with E-state index < -0.39 is 17.5 Å². The second-order valence-electron chi connectivity index (χ2n) is 9.20. The molecule has 0 unspecified atom stereocenters. The number of nitrogens with zero attached hydrogens (tertiary/aromatic N) is 2. The van der Waals surface area contributed by atoms with Crippen LogP contribution in [0.4, 0.5) is 10.6 Å². The van der Waals surface area contributed by atoms with Crippen molar-refractivity contribution in [2.24, 2.45) is 7.05 Å². The number of aliphatic carboxylic acids is 1. The third kappa shape index (κ3) is 4.47. The van der Waals surface area contributed by atoms with Gasteiger partial charge in [-0.25, -0.2) is 4.79 Å². The number of ether oxygens (including phenoxy) is 1. The molecule has 5 rings (SSSR count). The van der Waals surface area contributed by atoms with Gasteiger partial charge < -0.3 is 9.84 Å². The largest absolute Gasteiger partial charge is 0.481 e. The van der Waals surface area contributed by atoms with Crippen LogP contribution in [-0.4, -0.2) is 26.9 Å². The predicted molar refractivity (Wildman–Crippen MR) is 138 cm³/mol. The second kappa shape index (κ2) is 9.34. The minimum absolute atomic E-state index is 0.187. The molecule has 182 valence electrons. The van der Waals surface area contributed by atoms with Gasteiger partial charge in [-0.2, -0.15) is 5.10 Å². The number of aryl methyl sites for hydroxylation is 2. The Kier molecular flexibility index (Phi) is 6.06. The van der Waals surface area contributed by atoms with Gasteiger partial charge in [-0.15, -0.1) is 0 Å². The summed E-state index contributed by atoms with van der Waals surface area (Å²) < 4.78 is 7.03. The zero-order valence-corrected chi connectivity index (χ0v) is 20.2. The Labute approximate surface area is 209 Å². The SMILES string of the molecule is Cc1ccccc1COC(=O)Nc1c(-c2ccc(-c3ccc(C4(C(=O)O)CC4)cc3)cc2)cnn1C. The van der Waals surface area contributed by atoms with Gasteiger partial charge >= 0.3 is 12.1 Å². The topological polar surface area (TPSA) is 93.4 Å². The molecular formula is C29H27N3O4. The maximum atomic E-state index is 12.5. The first-order chi connectivity index (χ1) is 17.4. The van der Waals surface area contributed by atoms with Crippen LogP contribution in [0.15, 0.2) is 79.0 Å². The van der Waals surface area contributed by atoms with Gasteiger partial charge in [0.15, 0.2) is 0 Å². The third-order valence-electron chi connectivity index (χ3n) is 6.91. The van der Waals surface area contributed by atoms with Crippen LogP contribution >= 0.6 is 0 Å². The first-order valence-corrected chi connectivity index (χ1v) is 11.8. The Bertz CT molecular complexity index is 1420. The van der Waals surface area contributed by atoms with Gasteiger partial charge in [-0.05, 0) is 53.1 Å². The van der Waals surface area contributed by atoms with E-state index in [0.29, 0.717) is 18.7 Å². The van der Waals surface area contributed by atoms with Crippen molar-refractivity contribution in [1.29, 1.82) is 0 Å². The van der Waals surface area contributed by atoms with Crippen molar-refractivity contribution in [3.05, 3.63) is 95.7 Å². The van der Waals surface area contributed by atoms with Crippen LogP contribution in [0.25, 0.3) is 22.3 Å². The maximum Gasteiger partial charge on any atom is 0.413 e. The number of rotatable bonds is 7. The average molecular weight is 482 g/mol. The van der Waals surface area contributed by atoms with Crippen molar-refractivity contribution in [1.82, 2.24) is 9.78 Å². The van der Waals surface area contributed by atoms with Gasteiger partial charge in [0, 0.05) is 12.6 Å². The van der Waals surface area contributed by atoms with Crippen LogP contribution in [0.1, 0.15) is 29.5 Å². The quantitative estimate of drug-likeness (QED) is 0.341. The predicted octanol–water partition coefficient (Wildman–Crippen LogP) is 5.93. The molecular weight excluding hydrogens is 454 g/mol. The number of aromatic nitrogens is 2. The minimum Gasteiger partial charge on any atom is -0.481 e. The molecule has 1 aliphatic rings. The average Bonchev–Trinajstić information content (AvgIpc) is 3.63. The monoisotopic (exact) mass is 481 g/mol. The summed E-state index contributed by atoms with van der Waals surface area (Å²) in [6.45, 7) is 2.17. The zero-order valence-electron chi connectivity index (χ0n) is 20.2. The fourth-order valence-corrected chi connectivity index (χ4v) is 4.42. The molecule has 0 saturated heterocycles. The zero-order chi connectivity index (χ0) is 25.3. The van der Waals surface area contributed by atoms with E-state index >= 15 is 0 Å². The van der Waals surface area contributed by atoms with E-state index in [0.717, 1.165) is 38.9 Å². The standard InChI is InChI=1S/C29H27N3O4/c1-19-5-3-4-6-23(19)18-36-28(35)31-26-25(17-30-32(26)2)22-9-7-20(8-10-22)21-11-13-24(14-12-21)29(15-16-29)27(33)34/h3-14,17H,15-16,18H2,1-2H3,(H,31,35)(H,33,34). The Morgan fingerprint density at radius 3 is 2.19 bits per heavy atom. The minimum atomic E-state index is -0.750. The molecule has 7 nitrogen and oxygen atoms in total. The van der Waals surface area contributed by atoms with Crippen LogP contribution in [0.3, 0.4) is 0 Å². The number of benzene rings is 3. The number of hydrogen-bond donors (Lipinski definition) is 2. The highest BCUT2D eigenvalue weighted by Gasteiger charge is 2.51. The van der Waals surface area contributed by atoms with E-state index in [1.54, 1.807) is 17.9 Å². The lowest BCUT2D eigenvalue weighted by molar-refractivity contribution is -0.140. The van der Waals surface area contributed by atoms with Gasteiger partial charge in [0.05, 0.1) is 11.6 Å². The molecule has 1 heterocycles. The lowest BCUT2D eigenvalue weighted by atomic mass is 9.93. The van der Waals surface area contributed by atoms with Gasteiger partial charge in [0.1, 0.15) is 12.4 Å². The molecule has 1 amide bonds. The first-order valence-electron chi connectivity index (χ1n) is 11.8. The maximum absolute atomic E-state index is 12.5. The van der Waals surface area contributed by atoms with Crippen LogP contribution in [-0.2, 0) is 28.6 Å². The van der Waals surface area contributed by atoms with Crippen LogP contribution in [0.2, 0.25) is 0 Å². The molecule has 1 aliphatic carbocycles. The van der Waals surface area contributed by atoms with Crippen molar-refractivity contribution >= 4 is 17.9 Å². The van der Waals surface area contributed by atoms with Crippen molar-refractivity contribution in [3.63, 3.8) is 0 Å².